The molecule has 0 aliphatic heterocycles. The summed E-state index contributed by atoms with van der Waals surface area (Å²) in [4.78, 5) is 16.5. The van der Waals surface area contributed by atoms with Gasteiger partial charge in [-0.2, -0.15) is 0 Å². The number of fused-ring (bicyclic) bond motifs is 1. The maximum absolute atomic E-state index is 12.8. The van der Waals surface area contributed by atoms with Gasteiger partial charge < -0.3 is 10.2 Å². The van der Waals surface area contributed by atoms with Gasteiger partial charge in [0.25, 0.3) is 5.91 Å². The first-order valence-electron chi connectivity index (χ1n) is 8.53. The Labute approximate surface area is 158 Å². The van der Waals surface area contributed by atoms with Gasteiger partial charge in [0.2, 0.25) is 10.0 Å². The van der Waals surface area contributed by atoms with Gasteiger partial charge in [0.05, 0.1) is 21.1 Å². The summed E-state index contributed by atoms with van der Waals surface area (Å²) in [7, 11) is -0.185. The minimum atomic E-state index is -3.84. The van der Waals surface area contributed by atoms with Gasteiger partial charge in [-0.25, -0.2) is 13.6 Å². The minimum Gasteiger partial charge on any atom is -0.376 e. The summed E-state index contributed by atoms with van der Waals surface area (Å²) in [5.41, 5.74) is 2.41. The summed E-state index contributed by atoms with van der Waals surface area (Å²) in [5, 5.41) is 8.08. The molecule has 0 fully saturated rings. The summed E-state index contributed by atoms with van der Waals surface area (Å²) in [6, 6.07) is 6.45. The molecule has 3 N–H and O–H groups in total. The fraction of sp³-hybridized carbons (Fsp3) is 0.389. The Hall–Kier alpha value is -1.90. The molecular formula is C18H23N3O3S2. The average molecular weight is 394 g/mol. The quantitative estimate of drug-likeness (QED) is 0.781. The number of hydrogen-bond donors (Lipinski definition) is 2. The second kappa shape index (κ2) is 7.38. The van der Waals surface area contributed by atoms with E-state index >= 15 is 0 Å². The van der Waals surface area contributed by atoms with Crippen LogP contribution in [0.1, 0.15) is 39.4 Å². The average Bonchev–Trinajstić information content (AvgIpc) is 2.85. The fourth-order valence-electron chi connectivity index (χ4n) is 3.15. The molecule has 1 heterocycles. The van der Waals surface area contributed by atoms with Crippen LogP contribution in [0.5, 0.6) is 0 Å². The highest BCUT2D eigenvalue weighted by Crippen LogP contribution is 2.31. The summed E-state index contributed by atoms with van der Waals surface area (Å²) >= 11 is 1.53. The molecule has 8 heteroatoms. The van der Waals surface area contributed by atoms with Crippen LogP contribution in [0.25, 0.3) is 0 Å². The van der Waals surface area contributed by atoms with Crippen molar-refractivity contribution in [2.75, 3.05) is 24.3 Å². The number of anilines is 2. The molecule has 2 aromatic rings. The number of aryl methyl sites for hydroxylation is 2. The number of thiophene rings is 1. The van der Waals surface area contributed by atoms with E-state index in [1.807, 2.05) is 25.1 Å². The van der Waals surface area contributed by atoms with Crippen LogP contribution >= 0.6 is 11.3 Å². The van der Waals surface area contributed by atoms with Crippen LogP contribution in [0.3, 0.4) is 0 Å². The highest BCUT2D eigenvalue weighted by atomic mass is 32.2. The van der Waals surface area contributed by atoms with Crippen LogP contribution in [0.15, 0.2) is 29.2 Å². The molecule has 1 aliphatic carbocycles. The first kappa shape index (κ1) is 18.9. The molecule has 3 rings (SSSR count). The SMILES string of the molecule is CN(C)c1ccc(S(N)(=O)=O)cc1NC(=O)c1cc2c(s1)CCCCC2. The molecule has 1 aliphatic rings. The van der Waals surface area contributed by atoms with E-state index in [1.54, 1.807) is 6.07 Å². The lowest BCUT2D eigenvalue weighted by Gasteiger charge is -2.18. The van der Waals surface area contributed by atoms with E-state index < -0.39 is 10.0 Å². The molecule has 0 spiro atoms. The topological polar surface area (TPSA) is 92.5 Å². The Morgan fingerprint density at radius 3 is 2.58 bits per heavy atom. The minimum absolute atomic E-state index is 0.0274. The molecule has 140 valence electrons. The Kier molecular flexibility index (Phi) is 5.36. The van der Waals surface area contributed by atoms with Crippen LogP contribution < -0.4 is 15.4 Å². The molecule has 26 heavy (non-hydrogen) atoms. The zero-order valence-corrected chi connectivity index (χ0v) is 16.5. The molecule has 1 aromatic heterocycles. The van der Waals surface area contributed by atoms with Crippen LogP contribution in [0.4, 0.5) is 11.4 Å². The third-order valence-corrected chi connectivity index (χ3v) is 6.64. The normalized spacial score (nSPS) is 14.4. The number of carbonyl (C=O) groups excluding carboxylic acids is 1. The summed E-state index contributed by atoms with van der Waals surface area (Å²) in [6.07, 6.45) is 5.59. The van der Waals surface area contributed by atoms with Crippen molar-refractivity contribution >= 4 is 38.6 Å². The van der Waals surface area contributed by atoms with Crippen molar-refractivity contribution in [1.82, 2.24) is 0 Å². The molecule has 6 nitrogen and oxygen atoms in total. The zero-order valence-electron chi connectivity index (χ0n) is 14.9. The first-order chi connectivity index (χ1) is 12.3. The second-order valence-corrected chi connectivity index (χ2v) is 9.39. The fourth-order valence-corrected chi connectivity index (χ4v) is 4.83. The third kappa shape index (κ3) is 4.08. The molecule has 0 atom stereocenters. The maximum Gasteiger partial charge on any atom is 0.265 e. The van der Waals surface area contributed by atoms with Crippen molar-refractivity contribution in [3.8, 4) is 0 Å². The van der Waals surface area contributed by atoms with E-state index in [2.05, 4.69) is 5.32 Å². The van der Waals surface area contributed by atoms with Gasteiger partial charge in [-0.05, 0) is 55.5 Å². The van der Waals surface area contributed by atoms with Gasteiger partial charge in [-0.3, -0.25) is 4.79 Å². The van der Waals surface area contributed by atoms with Crippen LogP contribution in [0, 0.1) is 0 Å². The van der Waals surface area contributed by atoms with E-state index in [4.69, 9.17) is 5.14 Å². The number of benzene rings is 1. The van der Waals surface area contributed by atoms with Gasteiger partial charge in [0.15, 0.2) is 0 Å². The van der Waals surface area contributed by atoms with E-state index in [-0.39, 0.29) is 10.8 Å². The first-order valence-corrected chi connectivity index (χ1v) is 10.9. The predicted molar refractivity (Wildman–Crippen MR) is 106 cm³/mol. The maximum atomic E-state index is 12.8. The highest BCUT2D eigenvalue weighted by Gasteiger charge is 2.19. The lowest BCUT2D eigenvalue weighted by atomic mass is 10.1. The van der Waals surface area contributed by atoms with Crippen molar-refractivity contribution in [3.63, 3.8) is 0 Å². The molecule has 0 bridgehead atoms. The van der Waals surface area contributed by atoms with Gasteiger partial charge in [0, 0.05) is 19.0 Å². The Morgan fingerprint density at radius 2 is 1.88 bits per heavy atom. The predicted octanol–water partition coefficient (Wildman–Crippen LogP) is 2.98. The summed E-state index contributed by atoms with van der Waals surface area (Å²) in [6.45, 7) is 0. The van der Waals surface area contributed by atoms with Crippen LogP contribution in [0.2, 0.25) is 0 Å². The number of carbonyl (C=O) groups is 1. The number of primary sulfonamides is 1. The summed E-state index contributed by atoms with van der Waals surface area (Å²) in [5.74, 6) is -0.224. The zero-order chi connectivity index (χ0) is 18.9. The molecule has 0 unspecified atom stereocenters. The molecule has 0 radical (unpaired) electrons. The molecule has 1 amide bonds. The second-order valence-electron chi connectivity index (χ2n) is 6.69. The monoisotopic (exact) mass is 393 g/mol. The standard InChI is InChI=1S/C18H23N3O3S2/c1-21(2)15-9-8-13(26(19,23)24)11-14(15)20-18(22)17-10-12-6-4-3-5-7-16(12)25-17/h8-11H,3-7H2,1-2H3,(H,20,22)(H2,19,23,24). The molecule has 0 saturated heterocycles. The number of nitrogens with two attached hydrogens (primary N) is 1. The number of sulfonamides is 1. The van der Waals surface area contributed by atoms with Crippen molar-refractivity contribution in [1.29, 1.82) is 0 Å². The van der Waals surface area contributed by atoms with E-state index in [9.17, 15) is 13.2 Å². The van der Waals surface area contributed by atoms with Crippen LogP contribution in [-0.2, 0) is 22.9 Å². The number of amides is 1. The van der Waals surface area contributed by atoms with E-state index in [1.165, 1.54) is 40.3 Å². The van der Waals surface area contributed by atoms with Crippen molar-refractivity contribution in [2.24, 2.45) is 5.14 Å². The van der Waals surface area contributed by atoms with Crippen LogP contribution in [-0.4, -0.2) is 28.4 Å². The number of nitrogens with one attached hydrogen (secondary N) is 1. The van der Waals surface area contributed by atoms with Gasteiger partial charge in [-0.1, -0.05) is 6.42 Å². The van der Waals surface area contributed by atoms with Gasteiger partial charge in [-0.15, -0.1) is 11.3 Å². The Morgan fingerprint density at radius 1 is 1.15 bits per heavy atom. The molecule has 1 aromatic carbocycles. The van der Waals surface area contributed by atoms with Crippen molar-refractivity contribution < 1.29 is 13.2 Å². The molecular weight excluding hydrogens is 370 g/mol. The number of hydrogen-bond acceptors (Lipinski definition) is 5. The van der Waals surface area contributed by atoms with Gasteiger partial charge >= 0.3 is 0 Å². The smallest absolute Gasteiger partial charge is 0.265 e. The van der Waals surface area contributed by atoms with E-state index in [0.717, 1.165) is 25.7 Å². The van der Waals surface area contributed by atoms with E-state index in [0.29, 0.717) is 16.3 Å². The summed E-state index contributed by atoms with van der Waals surface area (Å²) < 4.78 is 23.3. The lowest BCUT2D eigenvalue weighted by molar-refractivity contribution is 0.103. The Bertz CT molecular complexity index is 910. The number of rotatable bonds is 4. The van der Waals surface area contributed by atoms with Crippen molar-refractivity contribution in [3.05, 3.63) is 39.6 Å². The molecule has 0 saturated carbocycles. The lowest BCUT2D eigenvalue weighted by Crippen LogP contribution is -2.18. The largest absolute Gasteiger partial charge is 0.376 e. The van der Waals surface area contributed by atoms with Crippen molar-refractivity contribution in [2.45, 2.75) is 37.0 Å². The third-order valence-electron chi connectivity index (χ3n) is 4.50. The Balaban J connectivity index is 1.91. The van der Waals surface area contributed by atoms with Gasteiger partial charge in [0.1, 0.15) is 0 Å². The number of nitrogens with zero attached hydrogens (tertiary/aromatic N) is 1. The highest BCUT2D eigenvalue weighted by molar-refractivity contribution is 7.89.